The highest BCUT2D eigenvalue weighted by Gasteiger charge is 2.17. The Balaban J connectivity index is 1.92. The summed E-state index contributed by atoms with van der Waals surface area (Å²) < 4.78 is 7.07. The van der Waals surface area contributed by atoms with Gasteiger partial charge in [-0.1, -0.05) is 30.3 Å². The highest BCUT2D eigenvalue weighted by atomic mass is 16.6. The van der Waals surface area contributed by atoms with Crippen LogP contribution in [0.3, 0.4) is 0 Å². The number of carbonyl (C=O) groups is 1. The van der Waals surface area contributed by atoms with E-state index in [9.17, 15) is 4.79 Å². The molecule has 22 heavy (non-hydrogen) atoms. The summed E-state index contributed by atoms with van der Waals surface area (Å²) in [6.07, 6.45) is 1.51. The third kappa shape index (κ3) is 4.62. The van der Waals surface area contributed by atoms with Crippen molar-refractivity contribution in [1.82, 2.24) is 15.1 Å². The zero-order valence-electron chi connectivity index (χ0n) is 13.5. The lowest BCUT2D eigenvalue weighted by atomic mass is 10.2. The lowest BCUT2D eigenvalue weighted by Crippen LogP contribution is -2.35. The Labute approximate surface area is 131 Å². The maximum Gasteiger partial charge on any atom is 0.407 e. The minimum atomic E-state index is -0.487. The van der Waals surface area contributed by atoms with Crippen LogP contribution >= 0.6 is 0 Å². The molecule has 1 atom stereocenters. The number of aromatic nitrogens is 2. The van der Waals surface area contributed by atoms with E-state index in [0.717, 1.165) is 11.3 Å². The molecule has 0 unspecified atom stereocenters. The number of rotatable bonds is 4. The number of nitrogens with zero attached hydrogens (tertiary/aromatic N) is 2. The highest BCUT2D eigenvalue weighted by molar-refractivity contribution is 5.67. The van der Waals surface area contributed by atoms with E-state index in [2.05, 4.69) is 10.4 Å². The average Bonchev–Trinajstić information content (AvgIpc) is 2.94. The van der Waals surface area contributed by atoms with Gasteiger partial charge in [0, 0.05) is 18.3 Å². The van der Waals surface area contributed by atoms with Crippen molar-refractivity contribution < 1.29 is 9.53 Å². The van der Waals surface area contributed by atoms with Crippen LogP contribution in [0.5, 0.6) is 0 Å². The Morgan fingerprint density at radius 3 is 2.59 bits per heavy atom. The SMILES string of the molecule is C[C@H](CNC(=O)OC(C)(C)C)n1ccc(-c2ccccc2)n1. The van der Waals surface area contributed by atoms with Gasteiger partial charge in [0.2, 0.25) is 0 Å². The molecular weight excluding hydrogens is 278 g/mol. The average molecular weight is 301 g/mol. The van der Waals surface area contributed by atoms with Crippen LogP contribution in [0.15, 0.2) is 42.6 Å². The van der Waals surface area contributed by atoms with Crippen LogP contribution in [0.1, 0.15) is 33.7 Å². The van der Waals surface area contributed by atoms with Crippen LogP contribution in [-0.2, 0) is 4.74 Å². The van der Waals surface area contributed by atoms with Crippen molar-refractivity contribution in [1.29, 1.82) is 0 Å². The fraction of sp³-hybridized carbons (Fsp3) is 0.412. The summed E-state index contributed by atoms with van der Waals surface area (Å²) in [5, 5.41) is 7.32. The van der Waals surface area contributed by atoms with Crippen LogP contribution in [0.25, 0.3) is 11.3 Å². The summed E-state index contributed by atoms with van der Waals surface area (Å²) in [5.41, 5.74) is 1.51. The van der Waals surface area contributed by atoms with Crippen molar-refractivity contribution in [3.63, 3.8) is 0 Å². The van der Waals surface area contributed by atoms with Gasteiger partial charge >= 0.3 is 6.09 Å². The standard InChI is InChI=1S/C17H23N3O2/c1-13(12-18-16(21)22-17(2,3)4)20-11-10-15(19-20)14-8-6-5-7-9-14/h5-11,13H,12H2,1-4H3,(H,18,21)/t13-/m1/s1. The second-order valence-corrected chi connectivity index (χ2v) is 6.28. The third-order valence-corrected chi connectivity index (χ3v) is 3.07. The Bertz CT molecular complexity index is 614. The van der Waals surface area contributed by atoms with Crippen molar-refractivity contribution in [3.05, 3.63) is 42.6 Å². The van der Waals surface area contributed by atoms with Crippen molar-refractivity contribution in [2.24, 2.45) is 0 Å². The first kappa shape index (κ1) is 16.1. The first-order valence-corrected chi connectivity index (χ1v) is 7.42. The number of amides is 1. The number of ether oxygens (including phenoxy) is 1. The van der Waals surface area contributed by atoms with Gasteiger partial charge in [-0.25, -0.2) is 4.79 Å². The molecule has 1 aromatic heterocycles. The maximum absolute atomic E-state index is 11.7. The van der Waals surface area contributed by atoms with Gasteiger partial charge in [-0.2, -0.15) is 5.10 Å². The lowest BCUT2D eigenvalue weighted by Gasteiger charge is -2.21. The molecule has 1 amide bonds. The Hall–Kier alpha value is -2.30. The summed E-state index contributed by atoms with van der Waals surface area (Å²) in [5.74, 6) is 0. The predicted octanol–water partition coefficient (Wildman–Crippen LogP) is 3.64. The molecule has 1 N–H and O–H groups in total. The van der Waals surface area contributed by atoms with Gasteiger partial charge in [-0.15, -0.1) is 0 Å². The molecule has 0 saturated heterocycles. The molecule has 0 radical (unpaired) electrons. The van der Waals surface area contributed by atoms with Gasteiger partial charge in [0.25, 0.3) is 0 Å². The molecule has 0 fully saturated rings. The number of hydrogen-bond donors (Lipinski definition) is 1. The molecule has 118 valence electrons. The van der Waals surface area contributed by atoms with Gasteiger partial charge in [-0.3, -0.25) is 4.68 Å². The number of alkyl carbamates (subject to hydrolysis) is 1. The van der Waals surface area contributed by atoms with Gasteiger partial charge in [0.15, 0.2) is 0 Å². The largest absolute Gasteiger partial charge is 0.444 e. The first-order valence-electron chi connectivity index (χ1n) is 7.42. The zero-order chi connectivity index (χ0) is 16.2. The summed E-state index contributed by atoms with van der Waals surface area (Å²) in [6.45, 7) is 7.99. The molecule has 0 aliphatic rings. The quantitative estimate of drug-likeness (QED) is 0.938. The lowest BCUT2D eigenvalue weighted by molar-refractivity contribution is 0.0520. The molecule has 2 aromatic rings. The van der Waals surface area contributed by atoms with E-state index in [1.807, 2.05) is 75.0 Å². The molecule has 5 heteroatoms. The molecule has 1 aromatic carbocycles. The molecular formula is C17H23N3O2. The highest BCUT2D eigenvalue weighted by Crippen LogP contribution is 2.17. The summed E-state index contributed by atoms with van der Waals surface area (Å²) in [7, 11) is 0. The van der Waals surface area contributed by atoms with Crippen molar-refractivity contribution in [2.45, 2.75) is 39.3 Å². The van der Waals surface area contributed by atoms with Gasteiger partial charge < -0.3 is 10.1 Å². The van der Waals surface area contributed by atoms with Crippen LogP contribution in [0, 0.1) is 0 Å². The maximum atomic E-state index is 11.7. The normalized spacial score (nSPS) is 12.7. The van der Waals surface area contributed by atoms with Crippen molar-refractivity contribution >= 4 is 6.09 Å². The number of benzene rings is 1. The zero-order valence-corrected chi connectivity index (χ0v) is 13.5. The minimum absolute atomic E-state index is 0.0463. The summed E-state index contributed by atoms with van der Waals surface area (Å²) >= 11 is 0. The van der Waals surface area contributed by atoms with E-state index in [1.165, 1.54) is 0 Å². The van der Waals surface area contributed by atoms with E-state index in [0.29, 0.717) is 6.54 Å². The topological polar surface area (TPSA) is 56.1 Å². The van der Waals surface area contributed by atoms with Crippen LogP contribution in [0.4, 0.5) is 4.79 Å². The third-order valence-electron chi connectivity index (χ3n) is 3.07. The first-order chi connectivity index (χ1) is 10.3. The fourth-order valence-corrected chi connectivity index (χ4v) is 1.99. The molecule has 2 rings (SSSR count). The molecule has 5 nitrogen and oxygen atoms in total. The second-order valence-electron chi connectivity index (χ2n) is 6.28. The molecule has 0 aliphatic heterocycles. The Morgan fingerprint density at radius 1 is 1.27 bits per heavy atom. The molecule has 0 spiro atoms. The second kappa shape index (κ2) is 6.64. The monoisotopic (exact) mass is 301 g/mol. The smallest absolute Gasteiger partial charge is 0.407 e. The fourth-order valence-electron chi connectivity index (χ4n) is 1.99. The predicted molar refractivity (Wildman–Crippen MR) is 86.6 cm³/mol. The number of hydrogen-bond acceptors (Lipinski definition) is 3. The van der Waals surface area contributed by atoms with Crippen LogP contribution < -0.4 is 5.32 Å². The van der Waals surface area contributed by atoms with Crippen molar-refractivity contribution in [2.75, 3.05) is 6.54 Å². The van der Waals surface area contributed by atoms with Gasteiger partial charge in [-0.05, 0) is 33.8 Å². The van der Waals surface area contributed by atoms with Crippen LogP contribution in [0.2, 0.25) is 0 Å². The minimum Gasteiger partial charge on any atom is -0.444 e. The van der Waals surface area contributed by atoms with E-state index < -0.39 is 11.7 Å². The number of carbonyl (C=O) groups excluding carboxylic acids is 1. The van der Waals surface area contributed by atoms with Gasteiger partial charge in [0.05, 0.1) is 11.7 Å². The van der Waals surface area contributed by atoms with E-state index in [-0.39, 0.29) is 6.04 Å². The van der Waals surface area contributed by atoms with Gasteiger partial charge in [0.1, 0.15) is 5.60 Å². The van der Waals surface area contributed by atoms with Crippen LogP contribution in [-0.4, -0.2) is 28.0 Å². The van der Waals surface area contributed by atoms with E-state index in [4.69, 9.17) is 4.74 Å². The molecule has 1 heterocycles. The summed E-state index contributed by atoms with van der Waals surface area (Å²) in [6, 6.07) is 12.0. The Kier molecular flexibility index (Phi) is 4.85. The number of nitrogens with one attached hydrogen (secondary N) is 1. The van der Waals surface area contributed by atoms with Crippen molar-refractivity contribution in [3.8, 4) is 11.3 Å². The summed E-state index contributed by atoms with van der Waals surface area (Å²) in [4.78, 5) is 11.7. The molecule has 0 saturated carbocycles. The van der Waals surface area contributed by atoms with E-state index >= 15 is 0 Å². The molecule has 0 aliphatic carbocycles. The Morgan fingerprint density at radius 2 is 1.95 bits per heavy atom. The van der Waals surface area contributed by atoms with E-state index in [1.54, 1.807) is 0 Å². The molecule has 0 bridgehead atoms.